The lowest BCUT2D eigenvalue weighted by molar-refractivity contribution is -0.125. The van der Waals surface area contributed by atoms with Crippen LogP contribution in [0.2, 0.25) is 0 Å². The van der Waals surface area contributed by atoms with E-state index in [-0.39, 0.29) is 24.8 Å². The van der Waals surface area contributed by atoms with Gasteiger partial charge >= 0.3 is 0 Å². The summed E-state index contributed by atoms with van der Waals surface area (Å²) >= 11 is 0. The zero-order valence-electron chi connectivity index (χ0n) is 14.2. The van der Waals surface area contributed by atoms with Crippen molar-refractivity contribution in [2.24, 2.45) is 0 Å². The van der Waals surface area contributed by atoms with Crippen molar-refractivity contribution < 1.29 is 19.1 Å². The molecule has 0 radical (unpaired) electrons. The van der Waals surface area contributed by atoms with Crippen molar-refractivity contribution in [3.05, 3.63) is 57.5 Å². The SMILES string of the molecule is CC1(C)NC(=O)Cn2c1nc(C(=O)NCc1ccc(F)cc1)c(O)c2=O. The van der Waals surface area contributed by atoms with Gasteiger partial charge in [-0.1, -0.05) is 12.1 Å². The van der Waals surface area contributed by atoms with Gasteiger partial charge < -0.3 is 15.7 Å². The van der Waals surface area contributed by atoms with Crippen LogP contribution in [0.15, 0.2) is 29.1 Å². The normalized spacial score (nSPS) is 15.1. The van der Waals surface area contributed by atoms with Crippen molar-refractivity contribution in [2.45, 2.75) is 32.5 Å². The summed E-state index contributed by atoms with van der Waals surface area (Å²) < 4.78 is 14.0. The van der Waals surface area contributed by atoms with Crippen LogP contribution in [0.4, 0.5) is 4.39 Å². The molecule has 0 atom stereocenters. The second-order valence-electron chi connectivity index (χ2n) is 6.51. The van der Waals surface area contributed by atoms with Gasteiger partial charge in [-0.15, -0.1) is 0 Å². The van der Waals surface area contributed by atoms with E-state index in [0.29, 0.717) is 5.56 Å². The third kappa shape index (κ3) is 3.15. The zero-order chi connectivity index (χ0) is 19.1. The predicted molar refractivity (Wildman–Crippen MR) is 88.9 cm³/mol. The van der Waals surface area contributed by atoms with E-state index in [1.165, 1.54) is 24.3 Å². The van der Waals surface area contributed by atoms with E-state index in [1.807, 2.05) is 0 Å². The maximum absolute atomic E-state index is 12.9. The minimum atomic E-state index is -0.978. The number of aromatic hydroxyl groups is 1. The number of hydrogen-bond acceptors (Lipinski definition) is 5. The molecule has 0 fully saturated rings. The molecule has 9 heteroatoms. The molecule has 0 saturated heterocycles. The number of nitrogens with zero attached hydrogens (tertiary/aromatic N) is 2. The fourth-order valence-corrected chi connectivity index (χ4v) is 2.78. The van der Waals surface area contributed by atoms with Crippen molar-refractivity contribution in [2.75, 3.05) is 0 Å². The van der Waals surface area contributed by atoms with Crippen LogP contribution in [-0.4, -0.2) is 26.5 Å². The largest absolute Gasteiger partial charge is 0.501 e. The molecule has 2 aromatic rings. The Hall–Kier alpha value is -3.23. The van der Waals surface area contributed by atoms with E-state index in [4.69, 9.17) is 0 Å². The van der Waals surface area contributed by atoms with Gasteiger partial charge in [0.25, 0.3) is 11.5 Å². The molecule has 136 valence electrons. The lowest BCUT2D eigenvalue weighted by atomic mass is 10.0. The lowest BCUT2D eigenvalue weighted by Gasteiger charge is -2.33. The maximum Gasteiger partial charge on any atom is 0.297 e. The van der Waals surface area contributed by atoms with E-state index >= 15 is 0 Å². The van der Waals surface area contributed by atoms with Crippen LogP contribution < -0.4 is 16.2 Å². The third-order valence-electron chi connectivity index (χ3n) is 4.04. The van der Waals surface area contributed by atoms with Gasteiger partial charge in [0.05, 0.1) is 5.54 Å². The molecule has 0 unspecified atom stereocenters. The monoisotopic (exact) mass is 360 g/mol. The number of carbonyl (C=O) groups is 2. The van der Waals surface area contributed by atoms with Gasteiger partial charge in [-0.2, -0.15) is 0 Å². The standard InChI is InChI=1S/C17H17FN4O4/c1-17(2)16-20-12(13(24)15(26)22(16)8-11(23)21-17)14(25)19-7-9-3-5-10(18)6-4-9/h3-6,24H,7-8H2,1-2H3,(H,19,25)(H,21,23). The van der Waals surface area contributed by atoms with E-state index in [2.05, 4.69) is 15.6 Å². The van der Waals surface area contributed by atoms with Crippen LogP contribution >= 0.6 is 0 Å². The smallest absolute Gasteiger partial charge is 0.297 e. The number of benzene rings is 1. The molecular formula is C17H17FN4O4. The van der Waals surface area contributed by atoms with Crippen LogP contribution in [0.5, 0.6) is 5.75 Å². The van der Waals surface area contributed by atoms with Gasteiger partial charge in [0.15, 0.2) is 5.69 Å². The molecule has 0 bridgehead atoms. The first kappa shape index (κ1) is 17.6. The second kappa shape index (κ2) is 6.25. The fourth-order valence-electron chi connectivity index (χ4n) is 2.78. The van der Waals surface area contributed by atoms with Crippen LogP contribution in [0.1, 0.15) is 35.7 Å². The molecule has 1 aliphatic rings. The average molecular weight is 360 g/mol. The second-order valence-corrected chi connectivity index (χ2v) is 6.51. The van der Waals surface area contributed by atoms with E-state index in [1.54, 1.807) is 13.8 Å². The van der Waals surface area contributed by atoms with Crippen molar-refractivity contribution in [1.82, 2.24) is 20.2 Å². The number of rotatable bonds is 3. The van der Waals surface area contributed by atoms with Crippen molar-refractivity contribution in [3.63, 3.8) is 0 Å². The summed E-state index contributed by atoms with van der Waals surface area (Å²) in [5.41, 5.74) is -1.62. The highest BCUT2D eigenvalue weighted by Crippen LogP contribution is 2.23. The highest BCUT2D eigenvalue weighted by atomic mass is 19.1. The summed E-state index contributed by atoms with van der Waals surface area (Å²) in [5, 5.41) is 15.3. The minimum absolute atomic E-state index is 0.0682. The van der Waals surface area contributed by atoms with Crippen LogP contribution in [0, 0.1) is 5.82 Å². The molecule has 2 heterocycles. The Balaban J connectivity index is 1.92. The molecule has 3 N–H and O–H groups in total. The van der Waals surface area contributed by atoms with Gasteiger partial charge in [-0.3, -0.25) is 19.0 Å². The van der Waals surface area contributed by atoms with Gasteiger partial charge in [-0.05, 0) is 31.5 Å². The number of hydrogen-bond donors (Lipinski definition) is 3. The topological polar surface area (TPSA) is 113 Å². The Morgan fingerprint density at radius 2 is 2.00 bits per heavy atom. The van der Waals surface area contributed by atoms with Gasteiger partial charge in [0.1, 0.15) is 18.2 Å². The number of nitrogens with one attached hydrogen (secondary N) is 2. The molecule has 2 amide bonds. The first-order valence-corrected chi connectivity index (χ1v) is 7.87. The third-order valence-corrected chi connectivity index (χ3v) is 4.04. The Morgan fingerprint density at radius 1 is 1.35 bits per heavy atom. The Morgan fingerprint density at radius 3 is 2.65 bits per heavy atom. The van der Waals surface area contributed by atoms with Crippen molar-refractivity contribution in [3.8, 4) is 5.75 Å². The number of amides is 2. The molecule has 26 heavy (non-hydrogen) atoms. The van der Waals surface area contributed by atoms with E-state index in [9.17, 15) is 23.9 Å². The summed E-state index contributed by atoms with van der Waals surface area (Å²) in [6, 6.07) is 5.52. The summed E-state index contributed by atoms with van der Waals surface area (Å²) in [4.78, 5) is 40.6. The molecule has 1 aromatic carbocycles. The Kier molecular flexibility index (Phi) is 4.23. The van der Waals surface area contributed by atoms with E-state index < -0.39 is 34.3 Å². The first-order valence-electron chi connectivity index (χ1n) is 7.87. The van der Waals surface area contributed by atoms with E-state index in [0.717, 1.165) is 4.57 Å². The highest BCUT2D eigenvalue weighted by Gasteiger charge is 2.36. The maximum atomic E-state index is 12.9. The summed E-state index contributed by atoms with van der Waals surface area (Å²) in [6.07, 6.45) is 0. The van der Waals surface area contributed by atoms with Crippen LogP contribution in [0.25, 0.3) is 0 Å². The zero-order valence-corrected chi connectivity index (χ0v) is 14.2. The quantitative estimate of drug-likeness (QED) is 0.732. The molecule has 0 spiro atoms. The molecule has 3 rings (SSSR count). The number of halogens is 1. The fraction of sp³-hybridized carbons (Fsp3) is 0.294. The molecule has 8 nitrogen and oxygen atoms in total. The van der Waals surface area contributed by atoms with Crippen LogP contribution in [0.3, 0.4) is 0 Å². The number of fused-ring (bicyclic) bond motifs is 1. The van der Waals surface area contributed by atoms with Gasteiger partial charge in [-0.25, -0.2) is 9.37 Å². The molecule has 0 saturated carbocycles. The number of carbonyl (C=O) groups excluding carboxylic acids is 2. The first-order chi connectivity index (χ1) is 12.2. The predicted octanol–water partition coefficient (Wildman–Crippen LogP) is 0.383. The molecule has 1 aliphatic heterocycles. The van der Waals surface area contributed by atoms with Crippen molar-refractivity contribution >= 4 is 11.8 Å². The molecular weight excluding hydrogens is 343 g/mol. The average Bonchev–Trinajstić information content (AvgIpc) is 2.57. The minimum Gasteiger partial charge on any atom is -0.501 e. The van der Waals surface area contributed by atoms with Gasteiger partial charge in [0.2, 0.25) is 11.7 Å². The Labute approximate surface area is 147 Å². The van der Waals surface area contributed by atoms with Crippen molar-refractivity contribution in [1.29, 1.82) is 0 Å². The Bertz CT molecular complexity index is 950. The van der Waals surface area contributed by atoms with Crippen LogP contribution in [-0.2, 0) is 23.4 Å². The van der Waals surface area contributed by atoms with Gasteiger partial charge in [0, 0.05) is 6.54 Å². The summed E-state index contributed by atoms with van der Waals surface area (Å²) in [6.45, 7) is 3.06. The lowest BCUT2D eigenvalue weighted by Crippen LogP contribution is -2.53. The number of aromatic nitrogens is 2. The highest BCUT2D eigenvalue weighted by molar-refractivity contribution is 5.94. The molecule has 0 aliphatic carbocycles. The summed E-state index contributed by atoms with van der Waals surface area (Å²) in [5.74, 6) is -2.19. The summed E-state index contributed by atoms with van der Waals surface area (Å²) in [7, 11) is 0. The molecule has 1 aromatic heterocycles.